The van der Waals surface area contributed by atoms with Crippen molar-refractivity contribution in [3.8, 4) is 0 Å². The molecule has 0 saturated carbocycles. The number of hydrogen-bond acceptors (Lipinski definition) is 4. The van der Waals surface area contributed by atoms with Crippen LogP contribution in [0.1, 0.15) is 36.1 Å². The Bertz CT molecular complexity index is 1160. The Kier molecular flexibility index (Phi) is 3.75. The maximum Gasteiger partial charge on any atom is 0.347 e. The van der Waals surface area contributed by atoms with E-state index in [1.165, 1.54) is 23.3 Å². The molecule has 0 atom stereocenters. The predicted molar refractivity (Wildman–Crippen MR) is 111 cm³/mol. The van der Waals surface area contributed by atoms with Gasteiger partial charge in [0.2, 0.25) is 0 Å². The molecule has 6 rings (SSSR count). The summed E-state index contributed by atoms with van der Waals surface area (Å²) >= 11 is 0. The van der Waals surface area contributed by atoms with Crippen LogP contribution in [0.4, 0.5) is 16.2 Å². The fraction of sp³-hybridized carbons (Fsp3) is 0.174. The lowest BCUT2D eigenvalue weighted by Gasteiger charge is -2.57. The van der Waals surface area contributed by atoms with Gasteiger partial charge in [0.05, 0.1) is 4.92 Å². The molecule has 0 fully saturated rings. The van der Waals surface area contributed by atoms with Gasteiger partial charge in [-0.3, -0.25) is 15.0 Å². The van der Waals surface area contributed by atoms with Gasteiger partial charge in [0, 0.05) is 17.8 Å². The number of hydrogen-bond donors (Lipinski definition) is 1. The number of non-ortho nitro benzene ring substituents is 1. The van der Waals surface area contributed by atoms with Crippen molar-refractivity contribution in [1.82, 2.24) is 5.06 Å². The first-order chi connectivity index (χ1) is 14.4. The first kappa shape index (κ1) is 18.3. The highest BCUT2D eigenvalue weighted by molar-refractivity contribution is 5.90. The van der Waals surface area contributed by atoms with Gasteiger partial charge in [-0.1, -0.05) is 54.6 Å². The molecule has 0 unspecified atom stereocenters. The van der Waals surface area contributed by atoms with E-state index in [4.69, 9.17) is 4.84 Å². The van der Waals surface area contributed by atoms with Crippen molar-refractivity contribution in [2.24, 2.45) is 0 Å². The van der Waals surface area contributed by atoms with E-state index >= 15 is 0 Å². The van der Waals surface area contributed by atoms with E-state index in [0.29, 0.717) is 5.69 Å². The molecule has 30 heavy (non-hydrogen) atoms. The lowest BCUT2D eigenvalue weighted by atomic mass is 9.65. The zero-order chi connectivity index (χ0) is 21.1. The van der Waals surface area contributed by atoms with E-state index < -0.39 is 22.1 Å². The van der Waals surface area contributed by atoms with Crippen molar-refractivity contribution in [2.75, 3.05) is 5.32 Å². The quantitative estimate of drug-likeness (QED) is 0.488. The minimum atomic E-state index is -0.851. The molecule has 0 radical (unpaired) electrons. The molecule has 0 aromatic heterocycles. The summed E-state index contributed by atoms with van der Waals surface area (Å²) in [4.78, 5) is 30.2. The van der Waals surface area contributed by atoms with E-state index in [2.05, 4.69) is 5.32 Å². The normalized spacial score (nSPS) is 23.5. The van der Waals surface area contributed by atoms with Crippen LogP contribution >= 0.6 is 0 Å². The molecule has 3 aromatic carbocycles. The topological polar surface area (TPSA) is 84.7 Å². The number of nitrogens with one attached hydrogen (secondary N) is 1. The fourth-order valence-electron chi connectivity index (χ4n) is 4.64. The number of urea groups is 1. The van der Waals surface area contributed by atoms with Crippen LogP contribution in [0.2, 0.25) is 0 Å². The lowest BCUT2D eigenvalue weighted by molar-refractivity contribution is -0.384. The summed E-state index contributed by atoms with van der Waals surface area (Å²) in [5, 5.41) is 15.2. The Morgan fingerprint density at radius 2 is 1.50 bits per heavy atom. The molecule has 7 heteroatoms. The molecule has 0 spiro atoms. The van der Waals surface area contributed by atoms with Gasteiger partial charge in [0.1, 0.15) is 11.1 Å². The second-order valence-electron chi connectivity index (χ2n) is 7.82. The number of carbonyl (C=O) groups excluding carboxylic acids is 1. The van der Waals surface area contributed by atoms with Crippen LogP contribution in [-0.2, 0) is 16.0 Å². The number of rotatable bonds is 2. The molecule has 1 N–H and O–H groups in total. The van der Waals surface area contributed by atoms with Crippen molar-refractivity contribution in [3.05, 3.63) is 105 Å². The van der Waals surface area contributed by atoms with Crippen LogP contribution in [-0.4, -0.2) is 16.0 Å². The van der Waals surface area contributed by atoms with Crippen molar-refractivity contribution in [2.45, 2.75) is 25.0 Å². The fourth-order valence-corrected chi connectivity index (χ4v) is 4.64. The maximum absolute atomic E-state index is 13.3. The van der Waals surface area contributed by atoms with Gasteiger partial charge in [-0.05, 0) is 42.2 Å². The van der Waals surface area contributed by atoms with Crippen molar-refractivity contribution < 1.29 is 14.6 Å². The molecule has 1 aliphatic carbocycles. The third kappa shape index (κ3) is 2.32. The monoisotopic (exact) mass is 401 g/mol. The first-order valence-electron chi connectivity index (χ1n) is 9.60. The number of carbonyl (C=O) groups is 1. The number of anilines is 1. The number of amides is 2. The molecular weight excluding hydrogens is 382 g/mol. The van der Waals surface area contributed by atoms with Gasteiger partial charge in [-0.2, -0.15) is 5.06 Å². The smallest absolute Gasteiger partial charge is 0.306 e. The Hall–Kier alpha value is -3.71. The van der Waals surface area contributed by atoms with E-state index in [1.54, 1.807) is 6.07 Å². The number of nitro benzene ring substituents is 1. The van der Waals surface area contributed by atoms with Gasteiger partial charge >= 0.3 is 6.03 Å². The van der Waals surface area contributed by atoms with Crippen molar-refractivity contribution in [1.29, 1.82) is 0 Å². The summed E-state index contributed by atoms with van der Waals surface area (Å²) in [7, 11) is 0. The molecule has 2 heterocycles. The van der Waals surface area contributed by atoms with Gasteiger partial charge in [-0.15, -0.1) is 0 Å². The highest BCUT2D eigenvalue weighted by atomic mass is 16.7. The van der Waals surface area contributed by atoms with Gasteiger partial charge in [0.15, 0.2) is 0 Å². The molecule has 2 bridgehead atoms. The Morgan fingerprint density at radius 3 is 2.07 bits per heavy atom. The summed E-state index contributed by atoms with van der Waals surface area (Å²) in [6.07, 6.45) is 0. The van der Waals surface area contributed by atoms with Gasteiger partial charge in [0.25, 0.3) is 5.69 Å². The lowest BCUT2D eigenvalue weighted by Crippen LogP contribution is -2.62. The van der Waals surface area contributed by atoms with Crippen LogP contribution in [0.5, 0.6) is 0 Å². The molecule has 150 valence electrons. The summed E-state index contributed by atoms with van der Waals surface area (Å²) in [6.45, 7) is 3.91. The first-order valence-corrected chi connectivity index (χ1v) is 9.60. The highest BCUT2D eigenvalue weighted by Gasteiger charge is 2.58. The average molecular weight is 401 g/mol. The number of benzene rings is 3. The van der Waals surface area contributed by atoms with E-state index in [0.717, 1.165) is 22.3 Å². The van der Waals surface area contributed by atoms with Crippen LogP contribution in [0.15, 0.2) is 72.8 Å². The van der Waals surface area contributed by atoms with Gasteiger partial charge < -0.3 is 5.32 Å². The van der Waals surface area contributed by atoms with E-state index in [9.17, 15) is 14.9 Å². The van der Waals surface area contributed by atoms with Crippen LogP contribution in [0, 0.1) is 10.1 Å². The highest BCUT2D eigenvalue weighted by Crippen LogP contribution is 2.57. The summed E-state index contributed by atoms with van der Waals surface area (Å²) in [5.74, 6) is 0. The summed E-state index contributed by atoms with van der Waals surface area (Å²) in [6, 6.07) is 21.3. The minimum absolute atomic E-state index is 0.0947. The molecule has 7 nitrogen and oxygen atoms in total. The SMILES string of the molecule is CC12ON(C(=O)Nc3cccc([N+](=O)[O-])c3)C(C)(c3ccccc31)c1ccccc12. The van der Waals surface area contributed by atoms with E-state index in [1.807, 2.05) is 62.4 Å². The second kappa shape index (κ2) is 6.14. The summed E-state index contributed by atoms with van der Waals surface area (Å²) in [5.41, 5.74) is 2.58. The van der Waals surface area contributed by atoms with Crippen molar-refractivity contribution in [3.63, 3.8) is 0 Å². The zero-order valence-electron chi connectivity index (χ0n) is 16.5. The molecular formula is C23H19N3O4. The van der Waals surface area contributed by atoms with Crippen LogP contribution in [0.3, 0.4) is 0 Å². The predicted octanol–water partition coefficient (Wildman–Crippen LogP) is 4.91. The van der Waals surface area contributed by atoms with E-state index in [-0.39, 0.29) is 5.69 Å². The number of hydroxylamine groups is 2. The standard InChI is InChI=1S/C23H19N3O4/c1-22-17-10-3-5-12-19(17)23(2,20-13-6-4-11-18(20)22)30-25(22)21(27)24-15-8-7-9-16(14-15)26(28)29/h3-14H,1-2H3,(H,24,27). The average Bonchev–Trinajstić information content (AvgIpc) is 2.76. The van der Waals surface area contributed by atoms with Crippen LogP contribution < -0.4 is 5.32 Å². The maximum atomic E-state index is 13.3. The third-order valence-corrected chi connectivity index (χ3v) is 6.10. The Balaban J connectivity index is 1.61. The number of fused-ring (bicyclic) bond motifs is 1. The number of nitro groups is 1. The number of nitrogens with zero attached hydrogens (tertiary/aromatic N) is 2. The third-order valence-electron chi connectivity index (χ3n) is 6.10. The Morgan fingerprint density at radius 1 is 0.933 bits per heavy atom. The largest absolute Gasteiger partial charge is 0.347 e. The molecule has 2 amide bonds. The minimum Gasteiger partial charge on any atom is -0.306 e. The van der Waals surface area contributed by atoms with Crippen LogP contribution in [0.25, 0.3) is 0 Å². The second-order valence-corrected chi connectivity index (χ2v) is 7.82. The Labute approximate surface area is 173 Å². The molecule has 0 saturated heterocycles. The summed E-state index contributed by atoms with van der Waals surface area (Å²) < 4.78 is 0. The molecule has 2 aliphatic heterocycles. The molecule has 3 aliphatic rings. The molecule has 3 aromatic rings. The van der Waals surface area contributed by atoms with Crippen molar-refractivity contribution >= 4 is 17.4 Å². The van der Waals surface area contributed by atoms with Gasteiger partial charge in [-0.25, -0.2) is 4.79 Å². The zero-order valence-corrected chi connectivity index (χ0v) is 16.5.